The van der Waals surface area contributed by atoms with Crippen LogP contribution in [-0.2, 0) is 26.5 Å². The van der Waals surface area contributed by atoms with E-state index in [1.807, 2.05) is 61.7 Å². The molecule has 0 saturated heterocycles. The first kappa shape index (κ1) is 34.4. The standard InChI is InChI=1S/C32H29N2OS.C11H8N.Ir/c1-18-9-7-10-19(2)30(18)25-17-33-26(13-21(25)16-32(4,5)6)23-12-8-11-22-24-14-29-27(34-20(3)36-29)15-28(24)35-31(22)23;1-2-6-10(7-3-1)11-8-4-5-9-12-11;/h7-11,13-15,17H,16H2,1-6H3;1-6,8-9H;/q2*-1;. The second-order valence-corrected chi connectivity index (χ2v) is 14.7. The fourth-order valence-corrected chi connectivity index (χ4v) is 7.21. The van der Waals surface area contributed by atoms with Crippen molar-refractivity contribution in [2.75, 3.05) is 0 Å². The molecule has 0 aliphatic heterocycles. The van der Waals surface area contributed by atoms with Crippen LogP contribution in [0.3, 0.4) is 0 Å². The molecule has 4 aromatic carbocycles. The summed E-state index contributed by atoms with van der Waals surface area (Å²) in [7, 11) is 0. The molecule has 0 N–H and O–H groups in total. The molecule has 0 unspecified atom stereocenters. The maximum atomic E-state index is 6.44. The van der Waals surface area contributed by atoms with Gasteiger partial charge < -0.3 is 14.4 Å². The van der Waals surface area contributed by atoms with Gasteiger partial charge in [-0.2, -0.15) is 0 Å². The van der Waals surface area contributed by atoms with Gasteiger partial charge in [-0.3, -0.25) is 0 Å². The summed E-state index contributed by atoms with van der Waals surface area (Å²) in [6.07, 6.45) is 4.78. The third-order valence-electron chi connectivity index (χ3n) is 8.42. The number of benzene rings is 4. The van der Waals surface area contributed by atoms with E-state index in [-0.39, 0.29) is 25.5 Å². The van der Waals surface area contributed by atoms with Gasteiger partial charge in [0.2, 0.25) is 0 Å². The zero-order chi connectivity index (χ0) is 33.4. The van der Waals surface area contributed by atoms with Crippen molar-refractivity contribution in [3.63, 3.8) is 0 Å². The minimum absolute atomic E-state index is 0. The van der Waals surface area contributed by atoms with Crippen LogP contribution in [-0.4, -0.2) is 15.0 Å². The quantitative estimate of drug-likeness (QED) is 0.166. The second kappa shape index (κ2) is 14.2. The predicted octanol–water partition coefficient (Wildman–Crippen LogP) is 11.8. The van der Waals surface area contributed by atoms with E-state index in [2.05, 4.69) is 99.2 Å². The molecule has 49 heavy (non-hydrogen) atoms. The molecule has 0 atom stereocenters. The van der Waals surface area contributed by atoms with Gasteiger partial charge in [0.25, 0.3) is 0 Å². The van der Waals surface area contributed by atoms with Gasteiger partial charge >= 0.3 is 0 Å². The fourth-order valence-electron chi connectivity index (χ4n) is 6.36. The number of furan rings is 1. The fraction of sp³-hybridized carbons (Fsp3) is 0.186. The van der Waals surface area contributed by atoms with E-state index >= 15 is 0 Å². The Balaban J connectivity index is 0.000000270. The van der Waals surface area contributed by atoms with Crippen LogP contribution in [0.15, 0.2) is 108 Å². The molecule has 8 aromatic rings. The number of rotatable bonds is 4. The first-order valence-corrected chi connectivity index (χ1v) is 17.0. The number of fused-ring (bicyclic) bond motifs is 4. The predicted molar refractivity (Wildman–Crippen MR) is 200 cm³/mol. The van der Waals surface area contributed by atoms with Gasteiger partial charge in [0.15, 0.2) is 0 Å². The zero-order valence-corrected chi connectivity index (χ0v) is 31.7. The molecule has 1 radical (unpaired) electrons. The van der Waals surface area contributed by atoms with Crippen LogP contribution in [0, 0.1) is 38.3 Å². The summed E-state index contributed by atoms with van der Waals surface area (Å²) in [4.78, 5) is 13.8. The molecule has 0 saturated carbocycles. The Morgan fingerprint density at radius 3 is 2.29 bits per heavy atom. The summed E-state index contributed by atoms with van der Waals surface area (Å²) >= 11 is 1.72. The monoisotopic (exact) mass is 836 g/mol. The van der Waals surface area contributed by atoms with E-state index in [0.717, 1.165) is 61.4 Å². The van der Waals surface area contributed by atoms with E-state index in [4.69, 9.17) is 9.40 Å². The van der Waals surface area contributed by atoms with Crippen molar-refractivity contribution in [1.82, 2.24) is 15.0 Å². The molecule has 0 aliphatic rings. The van der Waals surface area contributed by atoms with Crippen molar-refractivity contribution in [3.8, 4) is 33.6 Å². The number of pyridine rings is 2. The van der Waals surface area contributed by atoms with Crippen molar-refractivity contribution in [2.45, 2.75) is 48.0 Å². The molecule has 4 nitrogen and oxygen atoms in total. The summed E-state index contributed by atoms with van der Waals surface area (Å²) in [5, 5.41) is 3.26. The average Bonchev–Trinajstić information content (AvgIpc) is 3.62. The molecule has 0 spiro atoms. The Labute approximate surface area is 305 Å². The van der Waals surface area contributed by atoms with Crippen molar-refractivity contribution in [2.24, 2.45) is 5.41 Å². The van der Waals surface area contributed by atoms with Crippen molar-refractivity contribution < 1.29 is 24.5 Å². The Hall–Kier alpha value is -4.48. The third-order valence-corrected chi connectivity index (χ3v) is 9.35. The van der Waals surface area contributed by atoms with E-state index in [0.29, 0.717) is 0 Å². The first-order valence-electron chi connectivity index (χ1n) is 16.2. The van der Waals surface area contributed by atoms with Gasteiger partial charge in [-0.15, -0.1) is 65.4 Å². The number of hydrogen-bond donors (Lipinski definition) is 0. The van der Waals surface area contributed by atoms with Crippen LogP contribution in [0.4, 0.5) is 0 Å². The minimum atomic E-state index is 0. The molecule has 6 heteroatoms. The maximum absolute atomic E-state index is 6.44. The Morgan fingerprint density at radius 2 is 1.57 bits per heavy atom. The topological polar surface area (TPSA) is 51.8 Å². The summed E-state index contributed by atoms with van der Waals surface area (Å²) in [5.74, 6) is 0. The molecule has 0 fully saturated rings. The van der Waals surface area contributed by atoms with Gasteiger partial charge in [-0.25, -0.2) is 4.98 Å². The molecular weight excluding hydrogens is 799 g/mol. The summed E-state index contributed by atoms with van der Waals surface area (Å²) in [6, 6.07) is 37.3. The maximum Gasteiger partial charge on any atom is 0.123 e. The molecular formula is C43H37IrN3OS-2. The van der Waals surface area contributed by atoms with Gasteiger partial charge in [0.1, 0.15) is 5.58 Å². The number of aryl methyl sites for hydroxylation is 3. The van der Waals surface area contributed by atoms with Crippen molar-refractivity contribution >= 4 is 43.5 Å². The smallest absolute Gasteiger partial charge is 0.123 e. The second-order valence-electron chi connectivity index (χ2n) is 13.5. The summed E-state index contributed by atoms with van der Waals surface area (Å²) in [6.45, 7) is 13.3. The molecule has 247 valence electrons. The Kier molecular flexibility index (Phi) is 9.94. The zero-order valence-electron chi connectivity index (χ0n) is 28.5. The SMILES string of the molecule is Cc1nc2cc3oc4c(-c5cc(CC(C)(C)C)c(-c6c(C)cccc6C)cn5)[c-]ccc4c3cc2s1.[Ir].[c-]1ccccc1-c1ccccn1. The van der Waals surface area contributed by atoms with E-state index in [9.17, 15) is 0 Å². The van der Waals surface area contributed by atoms with E-state index in [1.165, 1.54) is 32.5 Å². The van der Waals surface area contributed by atoms with Gasteiger partial charge in [-0.1, -0.05) is 68.1 Å². The van der Waals surface area contributed by atoms with Crippen LogP contribution in [0.2, 0.25) is 0 Å². The molecule has 8 rings (SSSR count). The first-order chi connectivity index (χ1) is 23.1. The van der Waals surface area contributed by atoms with Crippen LogP contribution >= 0.6 is 11.3 Å². The molecule has 0 aliphatic carbocycles. The summed E-state index contributed by atoms with van der Waals surface area (Å²) < 4.78 is 7.62. The van der Waals surface area contributed by atoms with Crippen LogP contribution in [0.25, 0.3) is 65.8 Å². The molecule has 0 amide bonds. The van der Waals surface area contributed by atoms with Crippen molar-refractivity contribution in [3.05, 3.63) is 137 Å². The number of thiazole rings is 1. The number of nitrogens with zero attached hydrogens (tertiary/aromatic N) is 3. The largest absolute Gasteiger partial charge is 0.501 e. The Bertz CT molecular complexity index is 2330. The van der Waals surface area contributed by atoms with Crippen LogP contribution in [0.5, 0.6) is 0 Å². The van der Waals surface area contributed by atoms with Gasteiger partial charge in [-0.05, 0) is 78.4 Å². The van der Waals surface area contributed by atoms with Gasteiger partial charge in [0.05, 0.1) is 20.8 Å². The summed E-state index contributed by atoms with van der Waals surface area (Å²) in [5.41, 5.74) is 12.9. The normalized spacial score (nSPS) is 11.4. The van der Waals surface area contributed by atoms with Gasteiger partial charge in [0, 0.05) is 49.5 Å². The van der Waals surface area contributed by atoms with Crippen LogP contribution in [0.1, 0.15) is 42.5 Å². The number of hydrogen-bond acceptors (Lipinski definition) is 5. The third kappa shape index (κ3) is 7.28. The van der Waals surface area contributed by atoms with Crippen LogP contribution < -0.4 is 0 Å². The van der Waals surface area contributed by atoms with Crippen molar-refractivity contribution in [1.29, 1.82) is 0 Å². The van der Waals surface area contributed by atoms with E-state index < -0.39 is 0 Å². The number of aromatic nitrogens is 3. The van der Waals surface area contributed by atoms with E-state index in [1.54, 1.807) is 17.5 Å². The average molecular weight is 836 g/mol. The Morgan fingerprint density at radius 1 is 0.776 bits per heavy atom. The molecule has 4 aromatic heterocycles. The molecule has 0 bridgehead atoms. The minimum Gasteiger partial charge on any atom is -0.501 e. The molecule has 4 heterocycles.